The first kappa shape index (κ1) is 11.2. The number of alkyl carbamates (subject to hydrolysis) is 1. The van der Waals surface area contributed by atoms with E-state index in [0.717, 1.165) is 12.1 Å². The largest absolute Gasteiger partial charge is 0.449 e. The summed E-state index contributed by atoms with van der Waals surface area (Å²) in [6.07, 6.45) is 3.86. The molecule has 1 heterocycles. The van der Waals surface area contributed by atoms with Gasteiger partial charge in [0, 0.05) is 12.8 Å². The number of rotatable bonds is 1. The Hall–Kier alpha value is -1.91. The molecule has 0 aliphatic carbocycles. The predicted molar refractivity (Wildman–Crippen MR) is 67.7 cm³/mol. The van der Waals surface area contributed by atoms with Crippen LogP contribution in [0.5, 0.6) is 0 Å². The molecule has 0 aromatic carbocycles. The van der Waals surface area contributed by atoms with Gasteiger partial charge < -0.3 is 4.74 Å². The quantitative estimate of drug-likeness (QED) is 0.677. The van der Waals surface area contributed by atoms with Crippen molar-refractivity contribution in [1.82, 2.24) is 5.32 Å². The summed E-state index contributed by atoms with van der Waals surface area (Å²) >= 11 is 0. The predicted octanol–water partition coefficient (Wildman–Crippen LogP) is 3.52. The Labute approximate surface area is 96.5 Å². The lowest BCUT2D eigenvalue weighted by atomic mass is 10.0. The molecule has 1 amide bonds. The highest BCUT2D eigenvalue weighted by Gasteiger charge is 2.16. The van der Waals surface area contributed by atoms with Crippen LogP contribution in [0.25, 0.3) is 0 Å². The fraction of sp³-hybridized carbons (Fsp3) is 0.333. The molecule has 0 spiro atoms. The monoisotopic (exact) mass is 213 g/mol. The van der Waals surface area contributed by atoms with Crippen molar-refractivity contribution in [3.05, 3.63) is 41.6 Å². The molecule has 1 atom stereocenters. The third-order valence-corrected chi connectivity index (χ3v) is 2.07. The Kier molecular flexibility index (Phi) is 4.28. The number of allylic oxidation sites excluding steroid dienone is 3. The average molecular weight is 213 g/mol. The Morgan fingerprint density at radius 2 is 2.53 bits per heavy atom. The molecule has 0 saturated carbocycles. The Bertz CT molecular complexity index is 406. The minimum Gasteiger partial charge on any atom is -0.449 e. The van der Waals surface area contributed by atoms with Crippen molar-refractivity contribution in [1.29, 1.82) is 0 Å². The van der Waals surface area contributed by atoms with E-state index in [9.17, 15) is 4.79 Å². The zero-order chi connectivity index (χ0) is 11.1. The molecule has 0 radical (unpaired) electrons. The number of nitrogens with one attached hydrogen (secondary N) is 1. The average Bonchev–Trinajstić information content (AvgIpc) is 2.36. The van der Waals surface area contributed by atoms with Crippen LogP contribution in [-0.4, -0.2) is 12.7 Å². The van der Waals surface area contributed by atoms with E-state index >= 15 is 0 Å². The molecule has 0 aromatic rings. The van der Waals surface area contributed by atoms with Crippen molar-refractivity contribution in [3.63, 3.8) is 0 Å². The maximum Gasteiger partial charge on any atom is 0.411 e. The van der Waals surface area contributed by atoms with Crippen LogP contribution in [0.3, 0.4) is 0 Å². The number of hydrogen-bond acceptors (Lipinski definition) is 2. The topological polar surface area (TPSA) is 38.3 Å². The highest BCUT2D eigenvalue weighted by molar-refractivity contribution is 5.70. The molecule has 15 heavy (non-hydrogen) atoms. The molecule has 1 saturated heterocycles. The van der Waals surface area contributed by atoms with Crippen molar-refractivity contribution >= 4 is 6.09 Å². The fourth-order valence-corrected chi connectivity index (χ4v) is 1.19. The summed E-state index contributed by atoms with van der Waals surface area (Å²) in [6, 6.07) is 0. The van der Waals surface area contributed by atoms with Gasteiger partial charge in [0.05, 0.1) is 6.61 Å². The SMILES string of the molecule is C=C=C=C=C/C=C1/NC(=O)OCCC1C.[HH].[HH].[HH].[HH].[HH]. The molecule has 1 aliphatic heterocycles. The zero-order valence-electron chi connectivity index (χ0n) is 8.67. The first-order chi connectivity index (χ1) is 7.24. The summed E-state index contributed by atoms with van der Waals surface area (Å²) in [5.41, 5.74) is 8.58. The minimum absolute atomic E-state index is 0. The summed E-state index contributed by atoms with van der Waals surface area (Å²) in [7, 11) is 0. The molecule has 0 aromatic heterocycles. The number of ether oxygens (including phenoxy) is 1. The smallest absolute Gasteiger partial charge is 0.411 e. The van der Waals surface area contributed by atoms with Crippen LogP contribution in [0.2, 0.25) is 0 Å². The van der Waals surface area contributed by atoms with E-state index in [-0.39, 0.29) is 13.1 Å². The van der Waals surface area contributed by atoms with Crippen molar-refractivity contribution in [2.24, 2.45) is 5.92 Å². The summed E-state index contributed by atoms with van der Waals surface area (Å²) in [6.45, 7) is 5.84. The maximum atomic E-state index is 11.1. The van der Waals surface area contributed by atoms with Crippen LogP contribution < -0.4 is 5.32 Å². The third-order valence-electron chi connectivity index (χ3n) is 2.07. The summed E-state index contributed by atoms with van der Waals surface area (Å²) in [5.74, 6) is 0.266. The third kappa shape index (κ3) is 3.76. The van der Waals surface area contributed by atoms with Gasteiger partial charge in [-0.1, -0.05) is 18.4 Å². The zero-order valence-corrected chi connectivity index (χ0v) is 8.67. The second kappa shape index (κ2) is 5.74. The molecule has 0 bridgehead atoms. The van der Waals surface area contributed by atoms with Crippen molar-refractivity contribution < 1.29 is 16.7 Å². The molecule has 3 nitrogen and oxygen atoms in total. The number of cyclic esters (lactones) is 1. The molecular weight excluding hydrogens is 190 g/mol. The number of amides is 1. The Morgan fingerprint density at radius 3 is 3.27 bits per heavy atom. The van der Waals surface area contributed by atoms with Gasteiger partial charge in [0.25, 0.3) is 0 Å². The molecule has 1 unspecified atom stereocenters. The van der Waals surface area contributed by atoms with E-state index in [1.54, 1.807) is 12.2 Å². The Balaban J connectivity index is -0.000000150. The summed E-state index contributed by atoms with van der Waals surface area (Å²) in [5, 5.41) is 2.67. The van der Waals surface area contributed by atoms with Crippen molar-refractivity contribution in [3.8, 4) is 0 Å². The van der Waals surface area contributed by atoms with Crippen molar-refractivity contribution in [2.75, 3.05) is 6.61 Å². The number of carbonyl (C=O) groups excluding carboxylic acids is 1. The van der Waals surface area contributed by atoms with Gasteiger partial charge in [-0.15, -0.1) is 0 Å². The van der Waals surface area contributed by atoms with Crippen molar-refractivity contribution in [2.45, 2.75) is 13.3 Å². The second-order valence-corrected chi connectivity index (χ2v) is 3.19. The Morgan fingerprint density at radius 1 is 1.73 bits per heavy atom. The van der Waals surface area contributed by atoms with E-state index in [1.165, 1.54) is 0 Å². The van der Waals surface area contributed by atoms with Crippen LogP contribution in [0.1, 0.15) is 20.5 Å². The number of hydrogen-bond donors (Lipinski definition) is 1. The molecule has 1 rings (SSSR count). The first-order valence-corrected chi connectivity index (χ1v) is 4.74. The fourth-order valence-electron chi connectivity index (χ4n) is 1.19. The lowest BCUT2D eigenvalue weighted by molar-refractivity contribution is 0.152. The number of carbonyl (C=O) groups is 1. The highest BCUT2D eigenvalue weighted by Crippen LogP contribution is 2.15. The van der Waals surface area contributed by atoms with Crippen LogP contribution in [-0.2, 0) is 4.74 Å². The lowest BCUT2D eigenvalue weighted by Crippen LogP contribution is -2.22. The summed E-state index contributed by atoms with van der Waals surface area (Å²) < 4.78 is 4.87. The van der Waals surface area contributed by atoms with Crippen LogP contribution in [0.4, 0.5) is 4.79 Å². The van der Waals surface area contributed by atoms with E-state index in [4.69, 9.17) is 4.74 Å². The molecule has 1 N–H and O–H groups in total. The molecular formula is C12H23NO2. The molecule has 3 heteroatoms. The van der Waals surface area contributed by atoms with E-state index in [1.807, 2.05) is 6.92 Å². The van der Waals surface area contributed by atoms with E-state index in [2.05, 4.69) is 29.1 Å². The molecule has 1 fully saturated rings. The normalized spacial score (nSPS) is 22.6. The maximum absolute atomic E-state index is 11.1. The standard InChI is InChI=1S/C12H13NO2.5H2/c1-3-4-5-6-7-11-10(2)8-9-15-12(14)13-11;;;;;/h6-7,10H,1,8-9H2,2H3,(H,13,14);5*1H/b11-7+;;;;;. The van der Waals surface area contributed by atoms with E-state index in [0.29, 0.717) is 6.61 Å². The van der Waals surface area contributed by atoms with Crippen LogP contribution >= 0.6 is 0 Å². The first-order valence-electron chi connectivity index (χ1n) is 4.74. The van der Waals surface area contributed by atoms with E-state index < -0.39 is 6.09 Å². The minimum atomic E-state index is -0.401. The van der Waals surface area contributed by atoms with Gasteiger partial charge in [0.2, 0.25) is 0 Å². The van der Waals surface area contributed by atoms with Crippen LogP contribution in [0, 0.1) is 5.92 Å². The van der Waals surface area contributed by atoms with Gasteiger partial charge in [-0.25, -0.2) is 4.79 Å². The summed E-state index contributed by atoms with van der Waals surface area (Å²) in [4.78, 5) is 11.1. The van der Waals surface area contributed by atoms with Gasteiger partial charge >= 0.3 is 6.09 Å². The molecule has 1 aliphatic rings. The van der Waals surface area contributed by atoms with Gasteiger partial charge in [-0.05, 0) is 36.8 Å². The van der Waals surface area contributed by atoms with Gasteiger partial charge in [0.15, 0.2) is 0 Å². The van der Waals surface area contributed by atoms with Gasteiger partial charge in [0.1, 0.15) is 0 Å². The van der Waals surface area contributed by atoms with Gasteiger partial charge in [-0.3, -0.25) is 5.32 Å². The molecule has 88 valence electrons. The van der Waals surface area contributed by atoms with Crippen LogP contribution in [0.15, 0.2) is 41.6 Å². The highest BCUT2D eigenvalue weighted by atomic mass is 16.5. The second-order valence-electron chi connectivity index (χ2n) is 3.19. The van der Waals surface area contributed by atoms with Gasteiger partial charge in [-0.2, -0.15) is 0 Å². The lowest BCUT2D eigenvalue weighted by Gasteiger charge is -2.08.